The Morgan fingerprint density at radius 2 is 1.61 bits per heavy atom. The molecule has 1 amide bonds. The smallest absolute Gasteiger partial charge is 0.300 e. The summed E-state index contributed by atoms with van der Waals surface area (Å²) in [6, 6.07) is 13.4. The molecule has 1 N–H and O–H groups in total. The van der Waals surface area contributed by atoms with E-state index < -0.39 is 29.4 Å². The molecule has 1 atom stereocenters. The van der Waals surface area contributed by atoms with Crippen molar-refractivity contribution in [3.63, 3.8) is 0 Å². The van der Waals surface area contributed by atoms with E-state index in [9.17, 15) is 23.5 Å². The largest absolute Gasteiger partial charge is 0.507 e. The lowest BCUT2D eigenvalue weighted by atomic mass is 9.94. The van der Waals surface area contributed by atoms with Crippen LogP contribution in [0, 0.1) is 18.6 Å². The van der Waals surface area contributed by atoms with Crippen LogP contribution in [0.3, 0.4) is 0 Å². The number of halogens is 2. The van der Waals surface area contributed by atoms with Crippen LogP contribution in [-0.2, 0) is 9.59 Å². The van der Waals surface area contributed by atoms with Gasteiger partial charge in [0.15, 0.2) is 11.6 Å². The summed E-state index contributed by atoms with van der Waals surface area (Å²) in [5, 5.41) is 11.3. The number of carbonyl (C=O) groups excluding carboxylic acids is 2. The van der Waals surface area contributed by atoms with Crippen molar-refractivity contribution in [3.8, 4) is 11.5 Å². The Bertz CT molecular complexity index is 1350. The lowest BCUT2D eigenvalue weighted by Gasteiger charge is -2.25. The summed E-state index contributed by atoms with van der Waals surface area (Å²) in [4.78, 5) is 27.5. The SMILES string of the molecule is CCOc1ccc(C2/C(=C(\O)c3ccc(OCC)c(C)c3)C(=O)C(=O)N2c2ccc(F)c(F)c2)cc1. The number of benzene rings is 3. The van der Waals surface area contributed by atoms with Crippen LogP contribution in [0.4, 0.5) is 14.5 Å². The maximum absolute atomic E-state index is 14.1. The molecule has 0 radical (unpaired) electrons. The van der Waals surface area contributed by atoms with E-state index in [-0.39, 0.29) is 17.0 Å². The van der Waals surface area contributed by atoms with Gasteiger partial charge in [-0.05, 0) is 74.4 Å². The summed E-state index contributed by atoms with van der Waals surface area (Å²) >= 11 is 0. The third-order valence-corrected chi connectivity index (χ3v) is 5.88. The number of carbonyl (C=O) groups is 2. The Hall–Kier alpha value is -4.20. The van der Waals surface area contributed by atoms with Gasteiger partial charge in [0, 0.05) is 17.3 Å². The first-order valence-electron chi connectivity index (χ1n) is 11.5. The average Bonchev–Trinajstić information content (AvgIpc) is 3.13. The molecule has 6 nitrogen and oxygen atoms in total. The van der Waals surface area contributed by atoms with Crippen LogP contribution in [0.15, 0.2) is 66.2 Å². The molecule has 0 aromatic heterocycles. The molecule has 1 unspecified atom stereocenters. The summed E-state index contributed by atoms with van der Waals surface area (Å²) in [5.74, 6) is -3.34. The van der Waals surface area contributed by atoms with E-state index in [4.69, 9.17) is 9.47 Å². The number of aliphatic hydroxyl groups is 1. The molecule has 1 aliphatic rings. The molecule has 0 saturated carbocycles. The van der Waals surface area contributed by atoms with Crippen molar-refractivity contribution in [2.45, 2.75) is 26.8 Å². The number of anilines is 1. The van der Waals surface area contributed by atoms with Crippen LogP contribution < -0.4 is 14.4 Å². The number of hydrogen-bond donors (Lipinski definition) is 1. The zero-order valence-corrected chi connectivity index (χ0v) is 20.0. The van der Waals surface area contributed by atoms with Gasteiger partial charge in [-0.2, -0.15) is 0 Å². The van der Waals surface area contributed by atoms with Gasteiger partial charge >= 0.3 is 0 Å². The van der Waals surface area contributed by atoms with Crippen molar-refractivity contribution in [1.82, 2.24) is 0 Å². The maximum atomic E-state index is 14.1. The van der Waals surface area contributed by atoms with E-state index in [0.717, 1.165) is 22.6 Å². The average molecular weight is 494 g/mol. The molecule has 186 valence electrons. The van der Waals surface area contributed by atoms with Crippen molar-refractivity contribution in [2.75, 3.05) is 18.1 Å². The molecule has 4 rings (SSSR count). The Morgan fingerprint density at radius 3 is 2.22 bits per heavy atom. The zero-order chi connectivity index (χ0) is 26.0. The van der Waals surface area contributed by atoms with Crippen LogP contribution >= 0.6 is 0 Å². The van der Waals surface area contributed by atoms with Gasteiger partial charge in [-0.15, -0.1) is 0 Å². The summed E-state index contributed by atoms with van der Waals surface area (Å²) in [6.45, 7) is 6.40. The predicted molar refractivity (Wildman–Crippen MR) is 131 cm³/mol. The molecule has 3 aromatic carbocycles. The number of rotatable bonds is 7. The van der Waals surface area contributed by atoms with Crippen LogP contribution in [0.25, 0.3) is 5.76 Å². The number of hydrogen-bond acceptors (Lipinski definition) is 5. The fourth-order valence-electron chi connectivity index (χ4n) is 4.23. The first-order valence-corrected chi connectivity index (χ1v) is 11.5. The number of ketones is 1. The Kier molecular flexibility index (Phi) is 7.05. The summed E-state index contributed by atoms with van der Waals surface area (Å²) < 4.78 is 38.8. The van der Waals surface area contributed by atoms with Crippen LogP contribution in [0.2, 0.25) is 0 Å². The molecule has 0 spiro atoms. The molecule has 0 aliphatic carbocycles. The summed E-state index contributed by atoms with van der Waals surface area (Å²) in [7, 11) is 0. The second-order valence-electron chi connectivity index (χ2n) is 8.18. The highest BCUT2D eigenvalue weighted by atomic mass is 19.2. The third kappa shape index (κ3) is 4.54. The van der Waals surface area contributed by atoms with Gasteiger partial charge in [0.05, 0.1) is 24.8 Å². The van der Waals surface area contributed by atoms with Crippen molar-refractivity contribution in [2.24, 2.45) is 0 Å². The quantitative estimate of drug-likeness (QED) is 0.260. The standard InChI is InChI=1S/C28H25F2NO5/c1-4-35-20-10-6-17(7-11-20)25-24(26(32)18-8-13-23(36-5-2)16(3)14-18)27(33)28(34)31(25)19-9-12-21(29)22(30)15-19/h6-15,25,32H,4-5H2,1-3H3/b26-24+. The van der Waals surface area contributed by atoms with Gasteiger partial charge in [0.25, 0.3) is 11.7 Å². The Labute approximate surface area is 207 Å². The molecule has 36 heavy (non-hydrogen) atoms. The normalized spacial score (nSPS) is 16.9. The topological polar surface area (TPSA) is 76.1 Å². The van der Waals surface area contributed by atoms with Gasteiger partial charge in [0.2, 0.25) is 0 Å². The second-order valence-corrected chi connectivity index (χ2v) is 8.18. The van der Waals surface area contributed by atoms with Crippen molar-refractivity contribution >= 4 is 23.1 Å². The van der Waals surface area contributed by atoms with Crippen LogP contribution in [-0.4, -0.2) is 30.0 Å². The number of Topliss-reactive ketones (excluding diaryl/α,β-unsaturated/α-hetero) is 1. The molecular formula is C28H25F2NO5. The first-order chi connectivity index (χ1) is 17.3. The van der Waals surface area contributed by atoms with Crippen molar-refractivity contribution in [3.05, 3.63) is 94.6 Å². The molecule has 1 saturated heterocycles. The summed E-state index contributed by atoms with van der Waals surface area (Å²) in [5.41, 5.74) is 1.34. The molecule has 1 aliphatic heterocycles. The van der Waals surface area contributed by atoms with Gasteiger partial charge < -0.3 is 14.6 Å². The molecule has 1 heterocycles. The molecular weight excluding hydrogens is 468 g/mol. The number of amides is 1. The van der Waals surface area contributed by atoms with Gasteiger partial charge in [-0.25, -0.2) is 8.78 Å². The zero-order valence-electron chi connectivity index (χ0n) is 20.0. The van der Waals surface area contributed by atoms with E-state index in [1.54, 1.807) is 49.4 Å². The number of nitrogens with zero attached hydrogens (tertiary/aromatic N) is 1. The molecule has 3 aromatic rings. The Morgan fingerprint density at radius 1 is 0.917 bits per heavy atom. The lowest BCUT2D eigenvalue weighted by Crippen LogP contribution is -2.29. The number of aryl methyl sites for hydroxylation is 1. The van der Waals surface area contributed by atoms with E-state index in [0.29, 0.717) is 35.8 Å². The maximum Gasteiger partial charge on any atom is 0.300 e. The van der Waals surface area contributed by atoms with E-state index in [1.807, 2.05) is 13.8 Å². The third-order valence-electron chi connectivity index (χ3n) is 5.88. The van der Waals surface area contributed by atoms with E-state index in [1.165, 1.54) is 6.07 Å². The van der Waals surface area contributed by atoms with Gasteiger partial charge in [-0.1, -0.05) is 12.1 Å². The highest BCUT2D eigenvalue weighted by molar-refractivity contribution is 6.51. The van der Waals surface area contributed by atoms with E-state index >= 15 is 0 Å². The van der Waals surface area contributed by atoms with Crippen molar-refractivity contribution < 1.29 is 33.0 Å². The fraction of sp³-hybridized carbons (Fsp3) is 0.214. The Balaban J connectivity index is 1.90. The summed E-state index contributed by atoms with van der Waals surface area (Å²) in [6.07, 6.45) is 0. The minimum absolute atomic E-state index is 0.0168. The minimum atomic E-state index is -1.16. The molecule has 1 fully saturated rings. The van der Waals surface area contributed by atoms with Crippen LogP contribution in [0.5, 0.6) is 11.5 Å². The van der Waals surface area contributed by atoms with E-state index in [2.05, 4.69) is 0 Å². The van der Waals surface area contributed by atoms with Crippen LogP contribution in [0.1, 0.15) is 36.6 Å². The monoisotopic (exact) mass is 493 g/mol. The minimum Gasteiger partial charge on any atom is -0.507 e. The highest BCUT2D eigenvalue weighted by Gasteiger charge is 2.47. The lowest BCUT2D eigenvalue weighted by molar-refractivity contribution is -0.132. The molecule has 8 heteroatoms. The fourth-order valence-corrected chi connectivity index (χ4v) is 4.23. The molecule has 0 bridgehead atoms. The van der Waals surface area contributed by atoms with Gasteiger partial charge in [-0.3, -0.25) is 14.5 Å². The second kappa shape index (κ2) is 10.2. The number of ether oxygens (including phenoxy) is 2. The van der Waals surface area contributed by atoms with Crippen molar-refractivity contribution in [1.29, 1.82) is 0 Å². The highest BCUT2D eigenvalue weighted by Crippen LogP contribution is 2.43. The first kappa shape index (κ1) is 24.9. The van der Waals surface area contributed by atoms with Gasteiger partial charge in [0.1, 0.15) is 17.3 Å². The number of aliphatic hydroxyl groups excluding tert-OH is 1. The predicted octanol–water partition coefficient (Wildman–Crippen LogP) is 5.70.